The molecule has 4 nitrogen and oxygen atoms in total. The highest BCUT2D eigenvalue weighted by Gasteiger charge is 2.40. The SMILES string of the molecule is Cl.OC[C@H]1N[C@@H](Cc2ccccc2)[C@H](O)[C@@H]1O. The Morgan fingerprint density at radius 3 is 2.12 bits per heavy atom. The lowest BCUT2D eigenvalue weighted by atomic mass is 10.0. The average molecular weight is 260 g/mol. The zero-order chi connectivity index (χ0) is 11.5. The van der Waals surface area contributed by atoms with E-state index in [0.29, 0.717) is 6.42 Å². The van der Waals surface area contributed by atoms with E-state index in [2.05, 4.69) is 5.32 Å². The smallest absolute Gasteiger partial charge is 0.0989 e. The summed E-state index contributed by atoms with van der Waals surface area (Å²) in [6, 6.07) is 9.15. The third kappa shape index (κ3) is 3.18. The molecule has 0 aromatic heterocycles. The molecule has 0 radical (unpaired) electrons. The Morgan fingerprint density at radius 2 is 1.59 bits per heavy atom. The molecule has 1 fully saturated rings. The first kappa shape index (κ1) is 14.4. The molecule has 1 aliphatic rings. The second kappa shape index (κ2) is 6.33. The Hall–Kier alpha value is -0.650. The van der Waals surface area contributed by atoms with Crippen LogP contribution in [0.5, 0.6) is 0 Å². The quantitative estimate of drug-likeness (QED) is 0.602. The van der Waals surface area contributed by atoms with Crippen LogP contribution >= 0.6 is 12.4 Å². The van der Waals surface area contributed by atoms with E-state index in [4.69, 9.17) is 5.11 Å². The third-order valence-corrected chi connectivity index (χ3v) is 3.10. The zero-order valence-electron chi connectivity index (χ0n) is 9.36. The Bertz CT molecular complexity index is 336. The summed E-state index contributed by atoms with van der Waals surface area (Å²) >= 11 is 0. The van der Waals surface area contributed by atoms with Crippen molar-refractivity contribution in [2.24, 2.45) is 0 Å². The molecule has 96 valence electrons. The fourth-order valence-electron chi connectivity index (χ4n) is 2.16. The van der Waals surface area contributed by atoms with Crippen LogP contribution in [-0.2, 0) is 6.42 Å². The maximum atomic E-state index is 9.80. The number of nitrogens with one attached hydrogen (secondary N) is 1. The summed E-state index contributed by atoms with van der Waals surface area (Å²) in [6.45, 7) is -0.163. The molecule has 4 N–H and O–H groups in total. The molecule has 17 heavy (non-hydrogen) atoms. The first-order valence-corrected chi connectivity index (χ1v) is 5.49. The monoisotopic (exact) mass is 259 g/mol. The molecule has 0 saturated carbocycles. The molecule has 1 saturated heterocycles. The molecule has 2 rings (SSSR count). The largest absolute Gasteiger partial charge is 0.395 e. The highest BCUT2D eigenvalue weighted by molar-refractivity contribution is 5.85. The summed E-state index contributed by atoms with van der Waals surface area (Å²) < 4.78 is 0. The first-order valence-electron chi connectivity index (χ1n) is 5.49. The van der Waals surface area contributed by atoms with Gasteiger partial charge in [-0.1, -0.05) is 30.3 Å². The van der Waals surface area contributed by atoms with E-state index in [1.165, 1.54) is 0 Å². The van der Waals surface area contributed by atoms with Crippen molar-refractivity contribution in [3.8, 4) is 0 Å². The third-order valence-electron chi connectivity index (χ3n) is 3.10. The topological polar surface area (TPSA) is 72.7 Å². The number of halogens is 1. The Labute approximate surface area is 107 Å². The van der Waals surface area contributed by atoms with Crippen molar-refractivity contribution in [1.29, 1.82) is 0 Å². The number of benzene rings is 1. The van der Waals surface area contributed by atoms with Crippen molar-refractivity contribution in [2.45, 2.75) is 30.7 Å². The van der Waals surface area contributed by atoms with Gasteiger partial charge in [-0.15, -0.1) is 12.4 Å². The number of hydrogen-bond acceptors (Lipinski definition) is 4. The van der Waals surface area contributed by atoms with E-state index >= 15 is 0 Å². The summed E-state index contributed by atoms with van der Waals surface area (Å²) in [5.74, 6) is 0. The molecule has 0 unspecified atom stereocenters. The second-order valence-electron chi connectivity index (χ2n) is 4.23. The Balaban J connectivity index is 0.00000144. The summed E-state index contributed by atoms with van der Waals surface area (Å²) in [7, 11) is 0. The zero-order valence-corrected chi connectivity index (χ0v) is 10.2. The van der Waals surface area contributed by atoms with Crippen molar-refractivity contribution in [3.05, 3.63) is 35.9 Å². The number of rotatable bonds is 3. The fraction of sp³-hybridized carbons (Fsp3) is 0.500. The Morgan fingerprint density at radius 1 is 1.00 bits per heavy atom. The lowest BCUT2D eigenvalue weighted by Gasteiger charge is -2.15. The summed E-state index contributed by atoms with van der Waals surface area (Å²) in [5, 5.41) is 31.5. The van der Waals surface area contributed by atoms with E-state index in [0.717, 1.165) is 5.56 Å². The standard InChI is InChI=1S/C12H17NO3.ClH/c14-7-10-12(16)11(15)9(13-10)6-8-4-2-1-3-5-8;/h1-5,9-16H,6-7H2;1H/t9-,10+,11-,12+;/m0./s1. The molecule has 1 heterocycles. The van der Waals surface area contributed by atoms with Crippen LogP contribution < -0.4 is 5.32 Å². The van der Waals surface area contributed by atoms with Gasteiger partial charge in [0.2, 0.25) is 0 Å². The van der Waals surface area contributed by atoms with Gasteiger partial charge >= 0.3 is 0 Å². The van der Waals surface area contributed by atoms with Crippen LogP contribution in [0.25, 0.3) is 0 Å². The van der Waals surface area contributed by atoms with Crippen molar-refractivity contribution >= 4 is 12.4 Å². The predicted molar refractivity (Wildman–Crippen MR) is 67.2 cm³/mol. The van der Waals surface area contributed by atoms with Gasteiger partial charge in [-0.3, -0.25) is 0 Å². The lowest BCUT2D eigenvalue weighted by molar-refractivity contribution is 0.0197. The molecular weight excluding hydrogens is 242 g/mol. The summed E-state index contributed by atoms with van der Waals surface area (Å²) in [4.78, 5) is 0. The first-order chi connectivity index (χ1) is 7.72. The van der Waals surface area contributed by atoms with Gasteiger partial charge in [0.05, 0.1) is 24.9 Å². The molecular formula is C12H18ClNO3. The van der Waals surface area contributed by atoms with Crippen LogP contribution in [0.4, 0.5) is 0 Å². The summed E-state index contributed by atoms with van der Waals surface area (Å²) in [5.41, 5.74) is 1.10. The maximum absolute atomic E-state index is 9.80. The van der Waals surface area contributed by atoms with Gasteiger partial charge < -0.3 is 20.6 Å². The van der Waals surface area contributed by atoms with Crippen LogP contribution in [0.3, 0.4) is 0 Å². The molecule has 5 heteroatoms. The van der Waals surface area contributed by atoms with E-state index < -0.39 is 18.2 Å². The second-order valence-corrected chi connectivity index (χ2v) is 4.23. The molecule has 1 aliphatic heterocycles. The molecule has 0 spiro atoms. The van der Waals surface area contributed by atoms with Crippen LogP contribution in [0.1, 0.15) is 5.56 Å². The average Bonchev–Trinajstić information content (AvgIpc) is 2.58. The van der Waals surface area contributed by atoms with E-state index in [-0.39, 0.29) is 25.1 Å². The summed E-state index contributed by atoms with van der Waals surface area (Å²) in [6.07, 6.45) is -1.06. The van der Waals surface area contributed by atoms with Crippen molar-refractivity contribution in [3.63, 3.8) is 0 Å². The highest BCUT2D eigenvalue weighted by Crippen LogP contribution is 2.17. The van der Waals surface area contributed by atoms with Gasteiger partial charge in [-0.2, -0.15) is 0 Å². The van der Waals surface area contributed by atoms with Gasteiger partial charge in [-0.25, -0.2) is 0 Å². The molecule has 1 aromatic rings. The van der Waals surface area contributed by atoms with Crippen molar-refractivity contribution in [2.75, 3.05) is 6.61 Å². The number of hydrogen-bond donors (Lipinski definition) is 4. The van der Waals surface area contributed by atoms with Gasteiger partial charge in [0.15, 0.2) is 0 Å². The van der Waals surface area contributed by atoms with E-state index in [1.54, 1.807) is 0 Å². The minimum atomic E-state index is -0.890. The molecule has 0 bridgehead atoms. The Kier molecular flexibility index (Phi) is 5.36. The molecule has 0 aliphatic carbocycles. The van der Waals surface area contributed by atoms with Crippen LogP contribution in [-0.4, -0.2) is 46.2 Å². The highest BCUT2D eigenvalue weighted by atomic mass is 35.5. The minimum Gasteiger partial charge on any atom is -0.395 e. The van der Waals surface area contributed by atoms with Gasteiger partial charge in [0.25, 0.3) is 0 Å². The molecule has 1 aromatic carbocycles. The van der Waals surface area contributed by atoms with Crippen molar-refractivity contribution in [1.82, 2.24) is 5.32 Å². The van der Waals surface area contributed by atoms with Crippen molar-refractivity contribution < 1.29 is 15.3 Å². The predicted octanol–water partition coefficient (Wildman–Crippen LogP) is -0.295. The van der Waals surface area contributed by atoms with Crippen LogP contribution in [0.2, 0.25) is 0 Å². The van der Waals surface area contributed by atoms with Gasteiger partial charge in [0.1, 0.15) is 0 Å². The lowest BCUT2D eigenvalue weighted by Crippen LogP contribution is -2.36. The fourth-order valence-corrected chi connectivity index (χ4v) is 2.16. The molecule has 0 amide bonds. The van der Waals surface area contributed by atoms with E-state index in [1.807, 2.05) is 30.3 Å². The normalized spacial score (nSPS) is 32.2. The van der Waals surface area contributed by atoms with Gasteiger partial charge in [0, 0.05) is 6.04 Å². The number of aliphatic hydroxyl groups excluding tert-OH is 3. The van der Waals surface area contributed by atoms with Crippen LogP contribution in [0, 0.1) is 0 Å². The number of aliphatic hydroxyl groups is 3. The van der Waals surface area contributed by atoms with E-state index in [9.17, 15) is 10.2 Å². The van der Waals surface area contributed by atoms with Crippen LogP contribution in [0.15, 0.2) is 30.3 Å². The van der Waals surface area contributed by atoms with Gasteiger partial charge in [-0.05, 0) is 12.0 Å². The molecule has 4 atom stereocenters. The minimum absolute atomic E-state index is 0. The maximum Gasteiger partial charge on any atom is 0.0989 e.